The summed E-state index contributed by atoms with van der Waals surface area (Å²) in [7, 11) is 0. The third-order valence-corrected chi connectivity index (χ3v) is 2.67. The van der Waals surface area contributed by atoms with Crippen LogP contribution in [0.1, 0.15) is 39.5 Å². The van der Waals surface area contributed by atoms with Gasteiger partial charge in [0.15, 0.2) is 0 Å². The van der Waals surface area contributed by atoms with Gasteiger partial charge >= 0.3 is 0 Å². The molecule has 112 valence electrons. The highest BCUT2D eigenvalue weighted by molar-refractivity contribution is 5.96. The molecule has 0 aromatic carbocycles. The zero-order valence-corrected chi connectivity index (χ0v) is 12.8. The van der Waals surface area contributed by atoms with E-state index >= 15 is 0 Å². The quantitative estimate of drug-likeness (QED) is 0.701. The van der Waals surface area contributed by atoms with E-state index in [0.29, 0.717) is 5.57 Å². The lowest BCUT2D eigenvalue weighted by atomic mass is 10.1. The van der Waals surface area contributed by atoms with Crippen molar-refractivity contribution in [3.05, 3.63) is 48.1 Å². The number of carbonyl (C=O) groups is 1. The van der Waals surface area contributed by atoms with Gasteiger partial charge < -0.3 is 11.1 Å². The summed E-state index contributed by atoms with van der Waals surface area (Å²) >= 11 is 0. The summed E-state index contributed by atoms with van der Waals surface area (Å²) in [4.78, 5) is 11.8. The Morgan fingerprint density at radius 2 is 1.65 bits per heavy atom. The van der Waals surface area contributed by atoms with Gasteiger partial charge in [-0.3, -0.25) is 4.79 Å². The summed E-state index contributed by atoms with van der Waals surface area (Å²) in [5.41, 5.74) is 6.11. The second-order valence-electron chi connectivity index (χ2n) is 4.21. The topological polar surface area (TPSA) is 55.1 Å². The molecule has 1 aliphatic carbocycles. The highest BCUT2D eigenvalue weighted by Gasteiger charge is 2.04. The number of hydrogen-bond acceptors (Lipinski definition) is 2. The molecule has 0 saturated heterocycles. The van der Waals surface area contributed by atoms with Crippen LogP contribution in [-0.2, 0) is 4.79 Å². The summed E-state index contributed by atoms with van der Waals surface area (Å²) in [6, 6.07) is 0. The van der Waals surface area contributed by atoms with Gasteiger partial charge in [-0.15, -0.1) is 0 Å². The Balaban J connectivity index is 0.00000172. The maximum atomic E-state index is 11.8. The largest absolute Gasteiger partial charge is 0.352 e. The van der Waals surface area contributed by atoms with Crippen molar-refractivity contribution < 1.29 is 4.79 Å². The Morgan fingerprint density at radius 1 is 1.00 bits per heavy atom. The predicted octanol–water partition coefficient (Wildman–Crippen LogP) is 3.26. The van der Waals surface area contributed by atoms with Crippen molar-refractivity contribution in [3.63, 3.8) is 0 Å². The predicted molar refractivity (Wildman–Crippen MR) is 87.4 cm³/mol. The molecule has 0 aromatic heterocycles. The third kappa shape index (κ3) is 9.34. The number of carbonyl (C=O) groups excluding carboxylic acids is 1. The maximum Gasteiger partial charge on any atom is 0.251 e. The molecule has 0 aromatic rings. The van der Waals surface area contributed by atoms with Crippen LogP contribution in [0.15, 0.2) is 48.1 Å². The average molecular weight is 276 g/mol. The zero-order chi connectivity index (χ0) is 15.1. The smallest absolute Gasteiger partial charge is 0.251 e. The van der Waals surface area contributed by atoms with Gasteiger partial charge in [-0.25, -0.2) is 0 Å². The van der Waals surface area contributed by atoms with Gasteiger partial charge in [0.1, 0.15) is 0 Å². The molecule has 1 rings (SSSR count). The fraction of sp³-hybridized carbons (Fsp3) is 0.471. The second-order valence-corrected chi connectivity index (χ2v) is 4.21. The first-order valence-corrected chi connectivity index (χ1v) is 7.54. The van der Waals surface area contributed by atoms with Crippen molar-refractivity contribution in [3.8, 4) is 0 Å². The molecular weight excluding hydrogens is 248 g/mol. The van der Waals surface area contributed by atoms with Crippen LogP contribution in [0, 0.1) is 0 Å². The lowest BCUT2D eigenvalue weighted by molar-refractivity contribution is -0.117. The van der Waals surface area contributed by atoms with Crippen molar-refractivity contribution in [1.29, 1.82) is 0 Å². The van der Waals surface area contributed by atoms with Gasteiger partial charge in [0.25, 0.3) is 5.91 Å². The molecule has 0 radical (unpaired) electrons. The van der Waals surface area contributed by atoms with Gasteiger partial charge in [-0.1, -0.05) is 57.1 Å². The second kappa shape index (κ2) is 13.8. The Labute approximate surface area is 123 Å². The van der Waals surface area contributed by atoms with Crippen molar-refractivity contribution in [2.75, 3.05) is 13.1 Å². The fourth-order valence-electron chi connectivity index (χ4n) is 1.64. The van der Waals surface area contributed by atoms with E-state index in [1.54, 1.807) is 0 Å². The van der Waals surface area contributed by atoms with Gasteiger partial charge in [0.2, 0.25) is 0 Å². The Hall–Kier alpha value is -1.61. The van der Waals surface area contributed by atoms with E-state index in [-0.39, 0.29) is 5.91 Å². The van der Waals surface area contributed by atoms with Gasteiger partial charge in [0, 0.05) is 12.1 Å². The van der Waals surface area contributed by atoms with Crippen molar-refractivity contribution in [2.24, 2.45) is 5.73 Å². The molecule has 0 saturated carbocycles. The standard InChI is InChI=1S/C15H22N2O.C2H6/c16-12-8-4-5-9-13-17-15(18)14-10-6-2-1-3-7-11-14;1-2/h1-3,6-7,10-11H,4-5,8-9,12-13,16H2,(H,17,18);1-2H3/b2-1-,3-1?,6-2?,7-3-,10-6-,11-7?,14-10?,14-11+;. The highest BCUT2D eigenvalue weighted by atomic mass is 16.1. The number of nitrogens with one attached hydrogen (secondary N) is 1. The lowest BCUT2D eigenvalue weighted by Crippen LogP contribution is -2.25. The van der Waals surface area contributed by atoms with E-state index in [4.69, 9.17) is 5.73 Å². The van der Waals surface area contributed by atoms with E-state index in [0.717, 1.165) is 38.8 Å². The van der Waals surface area contributed by atoms with Crippen LogP contribution in [-0.4, -0.2) is 19.0 Å². The molecule has 0 spiro atoms. The minimum absolute atomic E-state index is 0.00924. The molecule has 0 unspecified atom stereocenters. The first-order valence-electron chi connectivity index (χ1n) is 7.54. The number of allylic oxidation sites excluding steroid dienone is 6. The fourth-order valence-corrected chi connectivity index (χ4v) is 1.64. The van der Waals surface area contributed by atoms with Crippen LogP contribution < -0.4 is 11.1 Å². The molecular formula is C17H28N2O. The van der Waals surface area contributed by atoms with Gasteiger partial charge in [0.05, 0.1) is 0 Å². The van der Waals surface area contributed by atoms with E-state index in [1.807, 2.05) is 56.4 Å². The Kier molecular flexibility index (Phi) is 12.7. The molecule has 0 bridgehead atoms. The van der Waals surface area contributed by atoms with E-state index in [9.17, 15) is 4.79 Å². The zero-order valence-electron chi connectivity index (χ0n) is 12.8. The first kappa shape index (κ1) is 18.4. The number of rotatable bonds is 7. The monoisotopic (exact) mass is 276 g/mol. The van der Waals surface area contributed by atoms with Gasteiger partial charge in [-0.05, 0) is 31.5 Å². The maximum absolute atomic E-state index is 11.8. The Morgan fingerprint density at radius 3 is 2.40 bits per heavy atom. The number of hydrogen-bond donors (Lipinski definition) is 2. The SMILES string of the molecule is CC.NCCCCCCNC(=O)C1=C/C=C\C=C/C=C\1. The minimum Gasteiger partial charge on any atom is -0.352 e. The number of unbranched alkanes of at least 4 members (excludes halogenated alkanes) is 3. The number of nitrogens with two attached hydrogens (primary N) is 1. The first-order chi connectivity index (χ1) is 9.84. The summed E-state index contributed by atoms with van der Waals surface area (Å²) in [5.74, 6) is -0.00924. The summed E-state index contributed by atoms with van der Waals surface area (Å²) in [6.07, 6.45) is 17.5. The van der Waals surface area contributed by atoms with Crippen LogP contribution in [0.5, 0.6) is 0 Å². The Bertz CT molecular complexity index is 365. The van der Waals surface area contributed by atoms with Crippen LogP contribution in [0.2, 0.25) is 0 Å². The normalized spacial score (nSPS) is 20.2. The highest BCUT2D eigenvalue weighted by Crippen LogP contribution is 2.02. The minimum atomic E-state index is -0.00924. The van der Waals surface area contributed by atoms with Gasteiger partial charge in [-0.2, -0.15) is 0 Å². The molecule has 20 heavy (non-hydrogen) atoms. The summed E-state index contributed by atoms with van der Waals surface area (Å²) in [6.45, 7) is 5.48. The lowest BCUT2D eigenvalue weighted by Gasteiger charge is -2.05. The van der Waals surface area contributed by atoms with Crippen LogP contribution in [0.4, 0.5) is 0 Å². The van der Waals surface area contributed by atoms with Crippen molar-refractivity contribution in [1.82, 2.24) is 5.32 Å². The van der Waals surface area contributed by atoms with Crippen LogP contribution in [0.25, 0.3) is 0 Å². The third-order valence-electron chi connectivity index (χ3n) is 2.67. The molecule has 0 fully saturated rings. The molecule has 1 aliphatic rings. The van der Waals surface area contributed by atoms with E-state index in [2.05, 4.69) is 5.32 Å². The van der Waals surface area contributed by atoms with E-state index < -0.39 is 0 Å². The molecule has 0 heterocycles. The average Bonchev–Trinajstić information content (AvgIpc) is 2.44. The molecule has 0 aliphatic heterocycles. The summed E-state index contributed by atoms with van der Waals surface area (Å²) < 4.78 is 0. The van der Waals surface area contributed by atoms with Crippen molar-refractivity contribution >= 4 is 5.91 Å². The molecule has 3 N–H and O–H groups in total. The molecule has 3 nitrogen and oxygen atoms in total. The molecule has 0 atom stereocenters. The summed E-state index contributed by atoms with van der Waals surface area (Å²) in [5, 5.41) is 2.93. The molecule has 3 heteroatoms. The van der Waals surface area contributed by atoms with E-state index in [1.165, 1.54) is 0 Å². The van der Waals surface area contributed by atoms with Crippen molar-refractivity contribution in [2.45, 2.75) is 39.5 Å². The van der Waals surface area contributed by atoms with Crippen LogP contribution in [0.3, 0.4) is 0 Å². The molecule has 1 amide bonds. The number of amides is 1. The van der Waals surface area contributed by atoms with Crippen LogP contribution >= 0.6 is 0 Å².